The molecule has 0 amide bonds. The van der Waals surface area contributed by atoms with Gasteiger partial charge in [-0.1, -0.05) is 40.2 Å². The number of halogens is 1. The summed E-state index contributed by atoms with van der Waals surface area (Å²) in [5.41, 5.74) is 7.96. The fourth-order valence-corrected chi connectivity index (χ4v) is 3.20. The minimum Gasteiger partial charge on any atom is -0.378 e. The van der Waals surface area contributed by atoms with Crippen LogP contribution in [0.4, 0.5) is 5.69 Å². The maximum atomic E-state index is 5.49. The third kappa shape index (κ3) is 3.80. The molecule has 130 valence electrons. The minimum absolute atomic E-state index is 0.0369. The van der Waals surface area contributed by atoms with Crippen LogP contribution in [0.2, 0.25) is 0 Å². The van der Waals surface area contributed by atoms with E-state index >= 15 is 0 Å². The van der Waals surface area contributed by atoms with Crippen molar-refractivity contribution in [2.75, 3.05) is 26.0 Å². The Kier molecular flexibility index (Phi) is 5.30. The third-order valence-electron chi connectivity index (χ3n) is 4.18. The molecule has 3 rings (SSSR count). The van der Waals surface area contributed by atoms with Gasteiger partial charge in [-0.05, 0) is 53.7 Å². The Morgan fingerprint density at radius 2 is 1.76 bits per heavy atom. The van der Waals surface area contributed by atoms with Gasteiger partial charge in [-0.3, -0.25) is 10.4 Å². The van der Waals surface area contributed by atoms with Gasteiger partial charge in [0.05, 0.1) is 11.7 Å². The number of hydrazine groups is 1. The van der Waals surface area contributed by atoms with E-state index in [1.807, 2.05) is 38.3 Å². The molecule has 4 nitrogen and oxygen atoms in total. The second kappa shape index (κ2) is 7.45. The average molecular weight is 417 g/mol. The highest BCUT2D eigenvalue weighted by atomic mass is 79.9. The van der Waals surface area contributed by atoms with E-state index in [0.29, 0.717) is 5.11 Å². The Bertz CT molecular complexity index is 784. The number of nitrogens with one attached hydrogen (secondary N) is 2. The zero-order valence-corrected chi connectivity index (χ0v) is 16.9. The lowest BCUT2D eigenvalue weighted by atomic mass is 10.0. The molecule has 0 unspecified atom stereocenters. The van der Waals surface area contributed by atoms with E-state index in [1.165, 1.54) is 11.3 Å². The molecule has 25 heavy (non-hydrogen) atoms. The largest absolute Gasteiger partial charge is 0.378 e. The van der Waals surface area contributed by atoms with E-state index in [9.17, 15) is 0 Å². The summed E-state index contributed by atoms with van der Waals surface area (Å²) in [6.07, 6.45) is 2.21. The predicted octanol–water partition coefficient (Wildman–Crippen LogP) is 3.92. The van der Waals surface area contributed by atoms with Crippen molar-refractivity contribution in [3.8, 4) is 0 Å². The zero-order valence-electron chi connectivity index (χ0n) is 14.5. The van der Waals surface area contributed by atoms with E-state index in [0.717, 1.165) is 15.7 Å². The number of thiocarbonyl (C=S) groups is 1. The molecule has 2 N–H and O–H groups in total. The molecule has 6 heteroatoms. The molecule has 0 fully saturated rings. The maximum Gasteiger partial charge on any atom is 0.188 e. The summed E-state index contributed by atoms with van der Waals surface area (Å²) in [5, 5.41) is 5.70. The Morgan fingerprint density at radius 1 is 1.12 bits per heavy atom. The second-order valence-corrected chi connectivity index (χ2v) is 7.36. The van der Waals surface area contributed by atoms with E-state index in [-0.39, 0.29) is 6.04 Å². The van der Waals surface area contributed by atoms with Crippen molar-refractivity contribution in [1.29, 1.82) is 0 Å². The molecular weight excluding hydrogens is 396 g/mol. The van der Waals surface area contributed by atoms with Gasteiger partial charge in [0, 0.05) is 31.3 Å². The van der Waals surface area contributed by atoms with Crippen LogP contribution in [0.15, 0.2) is 59.1 Å². The lowest BCUT2D eigenvalue weighted by molar-refractivity contribution is 0.339. The van der Waals surface area contributed by atoms with Crippen molar-refractivity contribution in [2.24, 2.45) is 0 Å². The topological polar surface area (TPSA) is 30.5 Å². The molecule has 0 saturated heterocycles. The SMILES string of the molecule is CNC(=S)N1NC(c2ccc(Br)cc2)=C[C@@H]1c1ccc(N(C)C)cc1. The van der Waals surface area contributed by atoms with Crippen LogP contribution < -0.4 is 15.6 Å². The zero-order chi connectivity index (χ0) is 18.0. The number of rotatable bonds is 3. The van der Waals surface area contributed by atoms with Gasteiger partial charge in [0.2, 0.25) is 0 Å². The first-order chi connectivity index (χ1) is 12.0. The fraction of sp³-hybridized carbons (Fsp3) is 0.211. The predicted molar refractivity (Wildman–Crippen MR) is 112 cm³/mol. The number of benzene rings is 2. The monoisotopic (exact) mass is 416 g/mol. The number of hydrogen-bond donors (Lipinski definition) is 2. The summed E-state index contributed by atoms with van der Waals surface area (Å²) < 4.78 is 1.06. The first-order valence-corrected chi connectivity index (χ1v) is 9.22. The normalized spacial score (nSPS) is 16.2. The Hall–Kier alpha value is -2.05. The van der Waals surface area contributed by atoms with Gasteiger partial charge in [-0.25, -0.2) is 0 Å². The molecule has 0 radical (unpaired) electrons. The van der Waals surface area contributed by atoms with Gasteiger partial charge in [0.15, 0.2) is 5.11 Å². The van der Waals surface area contributed by atoms with Crippen LogP contribution in [0.3, 0.4) is 0 Å². The minimum atomic E-state index is 0.0369. The smallest absolute Gasteiger partial charge is 0.188 e. The summed E-state index contributed by atoms with van der Waals surface area (Å²) >= 11 is 8.97. The van der Waals surface area contributed by atoms with E-state index in [1.54, 1.807) is 0 Å². The summed E-state index contributed by atoms with van der Waals surface area (Å²) in [6, 6.07) is 16.8. The van der Waals surface area contributed by atoms with Crippen LogP contribution in [0.5, 0.6) is 0 Å². The van der Waals surface area contributed by atoms with Crippen molar-refractivity contribution in [1.82, 2.24) is 15.8 Å². The fourth-order valence-electron chi connectivity index (χ4n) is 2.77. The van der Waals surface area contributed by atoms with Crippen molar-refractivity contribution in [2.45, 2.75) is 6.04 Å². The first kappa shape index (κ1) is 17.8. The Balaban J connectivity index is 1.94. The van der Waals surface area contributed by atoms with Crippen molar-refractivity contribution in [3.05, 3.63) is 70.2 Å². The molecule has 0 spiro atoms. The number of hydrogen-bond acceptors (Lipinski definition) is 3. The molecule has 1 aliphatic heterocycles. The number of anilines is 1. The standard InChI is InChI=1S/C19H21BrN4S/c1-21-19(25)24-18(14-6-10-16(11-7-14)23(2)3)12-17(22-24)13-4-8-15(20)9-5-13/h4-12,18,22H,1-3H3,(H,21,25)/t18-/m1/s1. The average Bonchev–Trinajstić information content (AvgIpc) is 3.07. The highest BCUT2D eigenvalue weighted by Crippen LogP contribution is 2.32. The molecule has 2 aromatic carbocycles. The van der Waals surface area contributed by atoms with Crippen LogP contribution in [-0.2, 0) is 0 Å². The molecule has 0 saturated carbocycles. The lowest BCUT2D eigenvalue weighted by Gasteiger charge is -2.27. The van der Waals surface area contributed by atoms with Gasteiger partial charge in [-0.15, -0.1) is 0 Å². The Morgan fingerprint density at radius 3 is 2.32 bits per heavy atom. The van der Waals surface area contributed by atoms with E-state index < -0.39 is 0 Å². The van der Waals surface area contributed by atoms with E-state index in [4.69, 9.17) is 12.2 Å². The molecule has 1 atom stereocenters. The quantitative estimate of drug-likeness (QED) is 0.740. The van der Waals surface area contributed by atoms with Crippen LogP contribution >= 0.6 is 28.1 Å². The third-order valence-corrected chi connectivity index (χ3v) is 5.11. The van der Waals surface area contributed by atoms with Gasteiger partial charge >= 0.3 is 0 Å². The highest BCUT2D eigenvalue weighted by Gasteiger charge is 2.28. The first-order valence-electron chi connectivity index (χ1n) is 8.02. The number of nitrogens with zero attached hydrogens (tertiary/aromatic N) is 2. The van der Waals surface area contributed by atoms with Crippen LogP contribution in [0.1, 0.15) is 17.2 Å². The molecule has 0 aliphatic carbocycles. The maximum absolute atomic E-state index is 5.49. The van der Waals surface area contributed by atoms with Crippen molar-refractivity contribution >= 4 is 44.6 Å². The van der Waals surface area contributed by atoms with Gasteiger partial charge < -0.3 is 10.2 Å². The van der Waals surface area contributed by atoms with Gasteiger partial charge in [-0.2, -0.15) is 0 Å². The summed E-state index contributed by atoms with van der Waals surface area (Å²) in [7, 11) is 5.92. The molecule has 0 aromatic heterocycles. The lowest BCUT2D eigenvalue weighted by Crippen LogP contribution is -2.44. The molecule has 2 aromatic rings. The Labute approximate surface area is 162 Å². The van der Waals surface area contributed by atoms with Crippen LogP contribution in [0.25, 0.3) is 5.70 Å². The molecule has 1 aliphatic rings. The van der Waals surface area contributed by atoms with Crippen molar-refractivity contribution < 1.29 is 0 Å². The summed E-state index contributed by atoms with van der Waals surface area (Å²) in [5.74, 6) is 0. The van der Waals surface area contributed by atoms with Gasteiger partial charge in [0.1, 0.15) is 0 Å². The summed E-state index contributed by atoms with van der Waals surface area (Å²) in [4.78, 5) is 2.09. The van der Waals surface area contributed by atoms with Crippen LogP contribution in [0, 0.1) is 0 Å². The van der Waals surface area contributed by atoms with Crippen molar-refractivity contribution in [3.63, 3.8) is 0 Å². The highest BCUT2D eigenvalue weighted by molar-refractivity contribution is 9.10. The van der Waals surface area contributed by atoms with Gasteiger partial charge in [0.25, 0.3) is 0 Å². The summed E-state index contributed by atoms with van der Waals surface area (Å²) in [6.45, 7) is 0. The van der Waals surface area contributed by atoms with Crippen LogP contribution in [-0.4, -0.2) is 31.3 Å². The molecular formula is C19H21BrN4S. The van der Waals surface area contributed by atoms with E-state index in [2.05, 4.69) is 74.0 Å². The molecule has 1 heterocycles. The molecule has 0 bridgehead atoms. The second-order valence-electron chi connectivity index (χ2n) is 6.05.